The molecule has 2 heterocycles. The Balaban J connectivity index is 1.71. The van der Waals surface area contributed by atoms with E-state index in [1.54, 1.807) is 0 Å². The van der Waals surface area contributed by atoms with Gasteiger partial charge in [0.2, 0.25) is 0 Å². The number of aryl methyl sites for hydroxylation is 1. The van der Waals surface area contributed by atoms with Crippen molar-refractivity contribution < 1.29 is 0 Å². The maximum atomic E-state index is 13.3. The van der Waals surface area contributed by atoms with Crippen LogP contribution in [0.15, 0.2) is 93.5 Å². The number of halogens is 1. The maximum Gasteiger partial charge on any atom is 0.260 e. The zero-order valence-electron chi connectivity index (χ0n) is 16.8. The molecule has 0 atom stereocenters. The summed E-state index contributed by atoms with van der Waals surface area (Å²) in [4.78, 5) is 22.1. The number of aromatic nitrogens is 2. The molecule has 0 spiro atoms. The number of hydrogen-bond acceptors (Lipinski definition) is 3. The summed E-state index contributed by atoms with van der Waals surface area (Å²) in [5.41, 5.74) is 5.14. The predicted octanol–water partition coefficient (Wildman–Crippen LogP) is 6.90. The van der Waals surface area contributed by atoms with Crippen molar-refractivity contribution in [3.63, 3.8) is 0 Å². The van der Waals surface area contributed by atoms with Crippen LogP contribution in [-0.4, -0.2) is 9.97 Å². The highest BCUT2D eigenvalue weighted by Gasteiger charge is 2.22. The Labute approximate surface area is 192 Å². The van der Waals surface area contributed by atoms with Gasteiger partial charge in [-0.25, -0.2) is 4.98 Å². The Hall–Kier alpha value is -3.02. The molecule has 0 fully saturated rings. The van der Waals surface area contributed by atoms with E-state index in [1.807, 2.05) is 53.9 Å². The third-order valence-corrected chi connectivity index (χ3v) is 6.98. The zero-order chi connectivity index (χ0) is 21.4. The van der Waals surface area contributed by atoms with Crippen molar-refractivity contribution in [2.45, 2.75) is 12.8 Å². The van der Waals surface area contributed by atoms with E-state index < -0.39 is 0 Å². The van der Waals surface area contributed by atoms with Crippen LogP contribution in [0, 0.1) is 6.92 Å². The van der Waals surface area contributed by atoms with Crippen molar-refractivity contribution in [1.82, 2.24) is 9.97 Å². The van der Waals surface area contributed by atoms with Gasteiger partial charge >= 0.3 is 0 Å². The van der Waals surface area contributed by atoms with Crippen molar-refractivity contribution in [3.8, 4) is 11.1 Å². The molecule has 31 heavy (non-hydrogen) atoms. The van der Waals surface area contributed by atoms with Crippen molar-refractivity contribution >= 4 is 37.5 Å². The number of nitrogens with one attached hydrogen (secondary N) is 1. The van der Waals surface area contributed by atoms with Crippen LogP contribution in [0.4, 0.5) is 0 Å². The van der Waals surface area contributed by atoms with Gasteiger partial charge in [-0.1, -0.05) is 94.3 Å². The molecule has 1 N–H and O–H groups in total. The van der Waals surface area contributed by atoms with Gasteiger partial charge in [0, 0.05) is 15.4 Å². The van der Waals surface area contributed by atoms with Crippen LogP contribution in [0.1, 0.15) is 28.4 Å². The first kappa shape index (κ1) is 19.9. The van der Waals surface area contributed by atoms with E-state index in [0.29, 0.717) is 11.2 Å². The molecule has 0 bridgehead atoms. The predicted molar refractivity (Wildman–Crippen MR) is 132 cm³/mol. The van der Waals surface area contributed by atoms with E-state index in [1.165, 1.54) is 11.3 Å². The van der Waals surface area contributed by atoms with E-state index >= 15 is 0 Å². The lowest BCUT2D eigenvalue weighted by Crippen LogP contribution is -2.16. The van der Waals surface area contributed by atoms with Crippen molar-refractivity contribution in [2.75, 3.05) is 0 Å². The molecular weight excluding hydrogens is 468 g/mol. The number of hydrogen-bond donors (Lipinski definition) is 1. The average Bonchev–Trinajstić information content (AvgIpc) is 3.22. The first-order valence-corrected chi connectivity index (χ1v) is 11.7. The van der Waals surface area contributed by atoms with Gasteiger partial charge in [-0.15, -0.1) is 11.3 Å². The Morgan fingerprint density at radius 2 is 1.55 bits per heavy atom. The van der Waals surface area contributed by atoms with Crippen LogP contribution >= 0.6 is 27.3 Å². The molecule has 0 amide bonds. The van der Waals surface area contributed by atoms with Gasteiger partial charge in [-0.3, -0.25) is 4.79 Å². The van der Waals surface area contributed by atoms with Crippen LogP contribution in [0.5, 0.6) is 0 Å². The van der Waals surface area contributed by atoms with Gasteiger partial charge in [0.25, 0.3) is 5.56 Å². The molecule has 5 rings (SSSR count). The number of fused-ring (bicyclic) bond motifs is 1. The fourth-order valence-electron chi connectivity index (χ4n) is 3.95. The highest BCUT2D eigenvalue weighted by atomic mass is 79.9. The molecule has 152 valence electrons. The minimum absolute atomic E-state index is 0.110. The number of aromatic amines is 1. The lowest BCUT2D eigenvalue weighted by Gasteiger charge is -2.17. The fraction of sp³-hybridized carbons (Fsp3) is 0.0769. The van der Waals surface area contributed by atoms with Crippen LogP contribution in [-0.2, 0) is 0 Å². The smallest absolute Gasteiger partial charge is 0.260 e. The first-order valence-electron chi connectivity index (χ1n) is 9.99. The first-order chi connectivity index (χ1) is 15.1. The standard InChI is InChI=1S/C26H19BrN2OS/c1-16-12-13-21(27)19(14-16)20-15-31-26-23(20)25(30)28-24(29-26)22(17-8-4-2-5-9-17)18-10-6-3-7-11-18/h2-15,22H,1H3,(H,28,29,30). The molecule has 2 aromatic heterocycles. The van der Waals surface area contributed by atoms with E-state index in [0.717, 1.165) is 37.1 Å². The molecule has 0 aliphatic carbocycles. The summed E-state index contributed by atoms with van der Waals surface area (Å²) in [6.07, 6.45) is 0. The molecule has 3 aromatic carbocycles. The molecule has 5 heteroatoms. The third kappa shape index (κ3) is 3.75. The summed E-state index contributed by atoms with van der Waals surface area (Å²) >= 11 is 5.14. The minimum atomic E-state index is -0.143. The second-order valence-electron chi connectivity index (χ2n) is 7.52. The second kappa shape index (κ2) is 8.25. The lowest BCUT2D eigenvalue weighted by molar-refractivity contribution is 0.860. The minimum Gasteiger partial charge on any atom is -0.309 e. The second-order valence-corrected chi connectivity index (χ2v) is 9.23. The van der Waals surface area contributed by atoms with Gasteiger partial charge in [0.15, 0.2) is 0 Å². The number of nitrogens with zero attached hydrogens (tertiary/aromatic N) is 1. The van der Waals surface area contributed by atoms with Gasteiger partial charge in [-0.2, -0.15) is 0 Å². The summed E-state index contributed by atoms with van der Waals surface area (Å²) in [5, 5.41) is 2.66. The van der Waals surface area contributed by atoms with Gasteiger partial charge in [-0.05, 0) is 29.7 Å². The van der Waals surface area contributed by atoms with E-state index in [9.17, 15) is 4.79 Å². The number of thiophene rings is 1. The lowest BCUT2D eigenvalue weighted by atomic mass is 9.90. The Morgan fingerprint density at radius 1 is 0.903 bits per heavy atom. The molecule has 0 unspecified atom stereocenters. The molecular formula is C26H19BrN2OS. The highest BCUT2D eigenvalue weighted by molar-refractivity contribution is 9.10. The van der Waals surface area contributed by atoms with Crippen LogP contribution < -0.4 is 5.56 Å². The van der Waals surface area contributed by atoms with E-state index in [4.69, 9.17) is 4.98 Å². The third-order valence-electron chi connectivity index (χ3n) is 5.41. The summed E-state index contributed by atoms with van der Waals surface area (Å²) < 4.78 is 0.965. The summed E-state index contributed by atoms with van der Waals surface area (Å²) in [6.45, 7) is 2.05. The number of H-pyrrole nitrogens is 1. The quantitative estimate of drug-likeness (QED) is 0.300. The molecule has 0 aliphatic rings. The van der Waals surface area contributed by atoms with Crippen LogP contribution in [0.2, 0.25) is 0 Å². The van der Waals surface area contributed by atoms with Crippen LogP contribution in [0.3, 0.4) is 0 Å². The largest absolute Gasteiger partial charge is 0.309 e. The zero-order valence-corrected chi connectivity index (χ0v) is 19.2. The van der Waals surface area contributed by atoms with E-state index in [2.05, 4.69) is 58.2 Å². The SMILES string of the molecule is Cc1ccc(Br)c(-c2csc3nc(C(c4ccccc4)c4ccccc4)[nH]c(=O)c23)c1. The number of rotatable bonds is 4. The monoisotopic (exact) mass is 486 g/mol. The van der Waals surface area contributed by atoms with Crippen molar-refractivity contribution in [2.24, 2.45) is 0 Å². The summed E-state index contributed by atoms with van der Waals surface area (Å²) in [5.74, 6) is 0.516. The maximum absolute atomic E-state index is 13.3. The number of benzene rings is 3. The Kier molecular flexibility index (Phi) is 5.30. The molecule has 0 saturated carbocycles. The fourth-order valence-corrected chi connectivity index (χ4v) is 5.35. The molecule has 5 aromatic rings. The molecule has 0 radical (unpaired) electrons. The average molecular weight is 487 g/mol. The van der Waals surface area contributed by atoms with Crippen molar-refractivity contribution in [1.29, 1.82) is 0 Å². The molecule has 3 nitrogen and oxygen atoms in total. The van der Waals surface area contributed by atoms with Gasteiger partial charge in [0.05, 0.1) is 11.3 Å². The van der Waals surface area contributed by atoms with Gasteiger partial charge < -0.3 is 4.98 Å². The summed E-state index contributed by atoms with van der Waals surface area (Å²) in [6, 6.07) is 26.5. The summed E-state index contributed by atoms with van der Waals surface area (Å²) in [7, 11) is 0. The van der Waals surface area contributed by atoms with E-state index in [-0.39, 0.29) is 11.5 Å². The molecule has 0 aliphatic heterocycles. The molecule has 0 saturated heterocycles. The van der Waals surface area contributed by atoms with Crippen LogP contribution in [0.25, 0.3) is 21.3 Å². The normalized spacial score (nSPS) is 11.3. The van der Waals surface area contributed by atoms with Gasteiger partial charge in [0.1, 0.15) is 10.7 Å². The van der Waals surface area contributed by atoms with Crippen molar-refractivity contribution in [3.05, 3.63) is 122 Å². The topological polar surface area (TPSA) is 45.8 Å². The Morgan fingerprint density at radius 3 is 2.19 bits per heavy atom. The highest BCUT2D eigenvalue weighted by Crippen LogP contribution is 2.37. The Bertz CT molecular complexity index is 1390.